The Hall–Kier alpha value is -0.570. The lowest BCUT2D eigenvalue weighted by Crippen LogP contribution is -2.29. The van der Waals surface area contributed by atoms with E-state index in [9.17, 15) is 17.2 Å². The van der Waals surface area contributed by atoms with Gasteiger partial charge in [0.15, 0.2) is 0 Å². The lowest BCUT2D eigenvalue weighted by Gasteiger charge is -2.12. The Morgan fingerprint density at radius 2 is 1.95 bits per heavy atom. The highest BCUT2D eigenvalue weighted by Gasteiger charge is 2.19. The average molecular weight is 371 g/mol. The van der Waals surface area contributed by atoms with E-state index in [0.29, 0.717) is 11.0 Å². The molecule has 0 unspecified atom stereocenters. The van der Waals surface area contributed by atoms with E-state index in [-0.39, 0.29) is 10.9 Å². The van der Waals surface area contributed by atoms with Gasteiger partial charge in [-0.15, -0.1) is 0 Å². The average Bonchev–Trinajstić information content (AvgIpc) is 2.35. The highest BCUT2D eigenvalue weighted by Crippen LogP contribution is 2.23. The van der Waals surface area contributed by atoms with Crippen LogP contribution in [-0.4, -0.2) is 27.4 Å². The van der Waals surface area contributed by atoms with E-state index in [2.05, 4.69) is 21.2 Å². The molecule has 0 saturated carbocycles. The Morgan fingerprint density at radius 3 is 2.50 bits per heavy atom. The normalized spacial score (nSPS) is 12.3. The Kier molecular flexibility index (Phi) is 6.50. The Balaban J connectivity index is 2.95. The second-order valence-electron chi connectivity index (χ2n) is 4.54. The van der Waals surface area contributed by atoms with Crippen LogP contribution in [-0.2, 0) is 16.6 Å². The summed E-state index contributed by atoms with van der Waals surface area (Å²) in [5, 5.41) is 3.16. The number of rotatable bonds is 7. The maximum atomic E-state index is 12.1. The molecule has 114 valence electrons. The number of hydrogen-bond acceptors (Lipinski definition) is 3. The first-order chi connectivity index (χ1) is 9.22. The summed E-state index contributed by atoms with van der Waals surface area (Å²) in [4.78, 5) is -0.0405. The molecule has 1 rings (SSSR count). The van der Waals surface area contributed by atoms with Crippen molar-refractivity contribution in [3.05, 3.63) is 28.2 Å². The summed E-state index contributed by atoms with van der Waals surface area (Å²) in [5.74, 6) is 0. The van der Waals surface area contributed by atoms with Gasteiger partial charge in [-0.25, -0.2) is 21.9 Å². The SMILES string of the molecule is CC(C)NCc1ccc(Br)c(S(=O)(=O)NCC(F)F)c1. The van der Waals surface area contributed by atoms with E-state index in [1.54, 1.807) is 12.1 Å². The fraction of sp³-hybridized carbons (Fsp3) is 0.500. The number of sulfonamides is 1. The molecule has 1 aromatic carbocycles. The van der Waals surface area contributed by atoms with Gasteiger partial charge in [-0.3, -0.25) is 0 Å². The van der Waals surface area contributed by atoms with Crippen molar-refractivity contribution in [3.8, 4) is 0 Å². The van der Waals surface area contributed by atoms with E-state index >= 15 is 0 Å². The van der Waals surface area contributed by atoms with Crippen LogP contribution in [0, 0.1) is 0 Å². The molecular weight excluding hydrogens is 354 g/mol. The molecule has 0 aliphatic heterocycles. The Morgan fingerprint density at radius 1 is 1.30 bits per heavy atom. The largest absolute Gasteiger partial charge is 0.310 e. The number of nitrogens with one attached hydrogen (secondary N) is 2. The van der Waals surface area contributed by atoms with Gasteiger partial charge in [0, 0.05) is 17.1 Å². The fourth-order valence-corrected chi connectivity index (χ4v) is 3.45. The molecule has 20 heavy (non-hydrogen) atoms. The van der Waals surface area contributed by atoms with Crippen molar-refractivity contribution in [2.75, 3.05) is 6.54 Å². The third-order valence-electron chi connectivity index (χ3n) is 2.43. The maximum Gasteiger partial charge on any atom is 0.251 e. The van der Waals surface area contributed by atoms with Crippen LogP contribution in [0.4, 0.5) is 8.78 Å². The van der Waals surface area contributed by atoms with Gasteiger partial charge in [0.2, 0.25) is 10.0 Å². The summed E-state index contributed by atoms with van der Waals surface area (Å²) in [6.45, 7) is 3.55. The molecule has 0 amide bonds. The Labute approximate surface area is 126 Å². The first-order valence-electron chi connectivity index (χ1n) is 6.02. The lowest BCUT2D eigenvalue weighted by atomic mass is 10.2. The summed E-state index contributed by atoms with van der Waals surface area (Å²) < 4.78 is 50.4. The zero-order valence-corrected chi connectivity index (χ0v) is 13.6. The summed E-state index contributed by atoms with van der Waals surface area (Å²) in [6.07, 6.45) is -2.73. The van der Waals surface area contributed by atoms with Crippen LogP contribution in [0.5, 0.6) is 0 Å². The number of halogens is 3. The van der Waals surface area contributed by atoms with Crippen molar-refractivity contribution in [2.45, 2.75) is 37.8 Å². The number of hydrogen-bond donors (Lipinski definition) is 2. The number of alkyl halides is 2. The van der Waals surface area contributed by atoms with E-state index in [1.807, 2.05) is 18.6 Å². The molecule has 0 aliphatic rings. The first kappa shape index (κ1) is 17.5. The molecule has 0 heterocycles. The van der Waals surface area contributed by atoms with E-state index < -0.39 is 23.0 Å². The highest BCUT2D eigenvalue weighted by molar-refractivity contribution is 9.10. The van der Waals surface area contributed by atoms with Crippen LogP contribution in [0.25, 0.3) is 0 Å². The van der Waals surface area contributed by atoms with Gasteiger partial charge in [-0.2, -0.15) is 0 Å². The van der Waals surface area contributed by atoms with Crippen LogP contribution < -0.4 is 10.0 Å². The van der Waals surface area contributed by atoms with E-state index in [0.717, 1.165) is 5.56 Å². The van der Waals surface area contributed by atoms with Gasteiger partial charge in [0.05, 0.1) is 11.4 Å². The molecule has 4 nitrogen and oxygen atoms in total. The van der Waals surface area contributed by atoms with Crippen molar-refractivity contribution < 1.29 is 17.2 Å². The third-order valence-corrected chi connectivity index (χ3v) is 4.84. The van der Waals surface area contributed by atoms with Gasteiger partial charge in [0.25, 0.3) is 6.43 Å². The van der Waals surface area contributed by atoms with Crippen LogP contribution in [0.15, 0.2) is 27.6 Å². The van der Waals surface area contributed by atoms with Gasteiger partial charge in [0.1, 0.15) is 0 Å². The standard InChI is InChI=1S/C12H17BrF2N2O2S/c1-8(2)16-6-9-3-4-10(13)11(5-9)20(18,19)17-7-12(14)15/h3-5,8,12,16-17H,6-7H2,1-2H3. The molecule has 2 N–H and O–H groups in total. The molecule has 0 atom stereocenters. The molecule has 1 aromatic rings. The van der Waals surface area contributed by atoms with Gasteiger partial charge in [-0.05, 0) is 33.6 Å². The molecular formula is C12H17BrF2N2O2S. The topological polar surface area (TPSA) is 58.2 Å². The molecule has 0 saturated heterocycles. The van der Waals surface area contributed by atoms with Crippen molar-refractivity contribution in [3.63, 3.8) is 0 Å². The van der Waals surface area contributed by atoms with Crippen LogP contribution >= 0.6 is 15.9 Å². The van der Waals surface area contributed by atoms with Gasteiger partial charge in [-0.1, -0.05) is 19.9 Å². The molecule has 0 spiro atoms. The predicted molar refractivity (Wildman–Crippen MR) is 77.3 cm³/mol. The van der Waals surface area contributed by atoms with Gasteiger partial charge < -0.3 is 5.32 Å². The highest BCUT2D eigenvalue weighted by atomic mass is 79.9. The summed E-state index contributed by atoms with van der Waals surface area (Å²) >= 11 is 3.13. The monoisotopic (exact) mass is 370 g/mol. The van der Waals surface area contributed by atoms with Crippen molar-refractivity contribution >= 4 is 26.0 Å². The maximum absolute atomic E-state index is 12.1. The second-order valence-corrected chi connectivity index (χ2v) is 7.13. The molecule has 0 fully saturated rings. The van der Waals surface area contributed by atoms with Crippen molar-refractivity contribution in [2.24, 2.45) is 0 Å². The summed E-state index contributed by atoms with van der Waals surface area (Å²) in [5.41, 5.74) is 0.763. The van der Waals surface area contributed by atoms with Crippen LogP contribution in [0.3, 0.4) is 0 Å². The first-order valence-corrected chi connectivity index (χ1v) is 8.29. The molecule has 0 radical (unpaired) electrons. The molecule has 8 heteroatoms. The van der Waals surface area contributed by atoms with Crippen LogP contribution in [0.2, 0.25) is 0 Å². The van der Waals surface area contributed by atoms with Crippen molar-refractivity contribution in [1.29, 1.82) is 0 Å². The number of benzene rings is 1. The van der Waals surface area contributed by atoms with Crippen molar-refractivity contribution in [1.82, 2.24) is 10.0 Å². The minimum atomic E-state index is -3.95. The molecule has 0 bridgehead atoms. The second kappa shape index (κ2) is 7.44. The zero-order chi connectivity index (χ0) is 15.3. The zero-order valence-electron chi connectivity index (χ0n) is 11.2. The quantitative estimate of drug-likeness (QED) is 0.775. The fourth-order valence-electron chi connectivity index (χ4n) is 1.44. The summed E-state index contributed by atoms with van der Waals surface area (Å²) in [6, 6.07) is 5.09. The van der Waals surface area contributed by atoms with E-state index in [1.165, 1.54) is 6.07 Å². The van der Waals surface area contributed by atoms with Crippen LogP contribution in [0.1, 0.15) is 19.4 Å². The third kappa shape index (κ3) is 5.43. The van der Waals surface area contributed by atoms with Gasteiger partial charge >= 0.3 is 0 Å². The lowest BCUT2D eigenvalue weighted by molar-refractivity contribution is 0.153. The smallest absolute Gasteiger partial charge is 0.251 e. The molecule has 0 aromatic heterocycles. The minimum absolute atomic E-state index is 0.0405. The minimum Gasteiger partial charge on any atom is -0.310 e. The molecule has 0 aliphatic carbocycles. The Bertz CT molecular complexity index is 550. The summed E-state index contributed by atoms with van der Waals surface area (Å²) in [7, 11) is -3.95. The van der Waals surface area contributed by atoms with E-state index in [4.69, 9.17) is 0 Å². The predicted octanol–water partition coefficient (Wildman–Crippen LogP) is 2.49.